The lowest BCUT2D eigenvalue weighted by Crippen LogP contribution is -2.42. The van der Waals surface area contributed by atoms with Gasteiger partial charge in [0.1, 0.15) is 24.4 Å². The minimum absolute atomic E-state index is 0.0110. The molecule has 1 aliphatic rings. The molecular weight excluding hydrogens is 408 g/mol. The maximum absolute atomic E-state index is 15.1. The molecule has 0 radical (unpaired) electrons. The summed E-state index contributed by atoms with van der Waals surface area (Å²) in [7, 11) is 0. The molecule has 0 spiro atoms. The number of alkyl halides is 1. The summed E-state index contributed by atoms with van der Waals surface area (Å²) in [6, 6.07) is 6.57. The molecule has 1 fully saturated rings. The van der Waals surface area contributed by atoms with Crippen molar-refractivity contribution in [1.82, 2.24) is 24.3 Å². The minimum atomic E-state index is -1.73. The van der Waals surface area contributed by atoms with E-state index in [0.29, 0.717) is 11.0 Å². The lowest BCUT2D eigenvalue weighted by molar-refractivity contribution is 0.00154. The van der Waals surface area contributed by atoms with Crippen molar-refractivity contribution >= 4 is 11.0 Å². The number of hydrogen-bond donors (Lipinski definition) is 0. The van der Waals surface area contributed by atoms with Crippen LogP contribution < -0.4 is 11.3 Å². The van der Waals surface area contributed by atoms with Gasteiger partial charge in [-0.1, -0.05) is 12.1 Å². The molecule has 0 bridgehead atoms. The Hall–Kier alpha value is -3.69. The zero-order valence-corrected chi connectivity index (χ0v) is 16.5. The number of aryl methyl sites for hydroxylation is 1. The van der Waals surface area contributed by atoms with Gasteiger partial charge in [-0.15, -0.1) is 5.10 Å². The van der Waals surface area contributed by atoms with E-state index in [4.69, 9.17) is 4.42 Å². The second-order valence-corrected chi connectivity index (χ2v) is 7.75. The molecule has 1 aromatic carbocycles. The van der Waals surface area contributed by atoms with E-state index < -0.39 is 23.3 Å². The van der Waals surface area contributed by atoms with Crippen LogP contribution in [0.5, 0.6) is 0 Å². The quantitative estimate of drug-likeness (QED) is 0.499. The van der Waals surface area contributed by atoms with E-state index in [2.05, 4.69) is 15.1 Å². The van der Waals surface area contributed by atoms with Gasteiger partial charge >= 0.3 is 5.76 Å². The molecule has 5 rings (SSSR count). The highest BCUT2D eigenvalue weighted by atomic mass is 19.1. The molecule has 0 saturated heterocycles. The Labute approximate surface area is 173 Å². The predicted molar refractivity (Wildman–Crippen MR) is 106 cm³/mol. The molecule has 3 heterocycles. The summed E-state index contributed by atoms with van der Waals surface area (Å²) in [6.07, 6.45) is 2.84. The van der Waals surface area contributed by atoms with Crippen LogP contribution in [0, 0.1) is 12.7 Å². The average Bonchev–Trinajstić information content (AvgIpc) is 3.07. The van der Waals surface area contributed by atoms with Crippen LogP contribution in [0.15, 0.2) is 56.9 Å². The number of pyridine rings is 1. The number of halogens is 2. The standard InChI is InChI=1S/C21H17F2N5O3/c1-12-5-6-24-18-17(12)19(29)27(11-25-18)10-16-26-28(20(30)31-16)15-8-21(23,9-15)13-3-2-4-14(22)7-13/h2-7,11,15H,8-10H2,1H3. The lowest BCUT2D eigenvalue weighted by atomic mass is 9.73. The molecular formula is C21H17F2N5O3. The summed E-state index contributed by atoms with van der Waals surface area (Å²) in [5.74, 6) is -1.24. The van der Waals surface area contributed by atoms with E-state index >= 15 is 4.39 Å². The van der Waals surface area contributed by atoms with Gasteiger partial charge in [0.25, 0.3) is 5.56 Å². The SMILES string of the molecule is Cc1ccnc2ncn(Cc3nn(C4CC(F)(c5cccc(F)c5)C4)c(=O)o3)c(=O)c12. The maximum atomic E-state index is 15.1. The average molecular weight is 425 g/mol. The Kier molecular flexibility index (Phi) is 4.31. The Morgan fingerprint density at radius 2 is 2.03 bits per heavy atom. The number of benzene rings is 1. The number of rotatable bonds is 4. The summed E-state index contributed by atoms with van der Waals surface area (Å²) in [5.41, 5.74) is -0.757. The van der Waals surface area contributed by atoms with Gasteiger partial charge in [0, 0.05) is 19.0 Å². The molecule has 0 unspecified atom stereocenters. The summed E-state index contributed by atoms with van der Waals surface area (Å²) < 4.78 is 36.0. The van der Waals surface area contributed by atoms with Crippen LogP contribution in [0.1, 0.15) is 35.9 Å². The zero-order chi connectivity index (χ0) is 21.8. The van der Waals surface area contributed by atoms with Crippen molar-refractivity contribution in [1.29, 1.82) is 0 Å². The van der Waals surface area contributed by atoms with E-state index in [1.165, 1.54) is 29.1 Å². The number of aromatic nitrogens is 5. The highest BCUT2D eigenvalue weighted by molar-refractivity contribution is 5.76. The van der Waals surface area contributed by atoms with Crippen molar-refractivity contribution in [3.05, 3.63) is 86.6 Å². The first kappa shape index (κ1) is 19.3. The molecule has 158 valence electrons. The van der Waals surface area contributed by atoms with E-state index in [-0.39, 0.29) is 36.4 Å². The predicted octanol–water partition coefficient (Wildman–Crippen LogP) is 2.64. The van der Waals surface area contributed by atoms with Gasteiger partial charge in [0.15, 0.2) is 5.65 Å². The first-order chi connectivity index (χ1) is 14.8. The van der Waals surface area contributed by atoms with Gasteiger partial charge in [-0.25, -0.2) is 23.5 Å². The second kappa shape index (κ2) is 6.93. The van der Waals surface area contributed by atoms with Crippen LogP contribution in [0.2, 0.25) is 0 Å². The van der Waals surface area contributed by atoms with E-state index in [0.717, 1.165) is 16.3 Å². The summed E-state index contributed by atoms with van der Waals surface area (Å²) in [6.45, 7) is 1.68. The largest absolute Gasteiger partial charge is 0.437 e. The van der Waals surface area contributed by atoms with Gasteiger partial charge in [0.2, 0.25) is 5.89 Å². The van der Waals surface area contributed by atoms with E-state index in [1.807, 2.05) is 0 Å². The van der Waals surface area contributed by atoms with Gasteiger partial charge < -0.3 is 4.42 Å². The van der Waals surface area contributed by atoms with E-state index in [9.17, 15) is 14.0 Å². The maximum Gasteiger partial charge on any atom is 0.437 e. The van der Waals surface area contributed by atoms with Gasteiger partial charge in [0.05, 0.1) is 11.4 Å². The fourth-order valence-corrected chi connectivity index (χ4v) is 3.97. The van der Waals surface area contributed by atoms with Crippen molar-refractivity contribution < 1.29 is 13.2 Å². The van der Waals surface area contributed by atoms with Crippen molar-refractivity contribution in [2.24, 2.45) is 0 Å². The van der Waals surface area contributed by atoms with Gasteiger partial charge in [-0.2, -0.15) is 4.68 Å². The Bertz CT molecular complexity index is 1420. The molecule has 0 atom stereocenters. The topological polar surface area (TPSA) is 95.8 Å². The van der Waals surface area contributed by atoms with Gasteiger partial charge in [-0.3, -0.25) is 9.36 Å². The van der Waals surface area contributed by atoms with Crippen LogP contribution in [0.3, 0.4) is 0 Å². The monoisotopic (exact) mass is 425 g/mol. The molecule has 3 aromatic heterocycles. The van der Waals surface area contributed by atoms with Gasteiger partial charge in [-0.05, 0) is 36.2 Å². The highest BCUT2D eigenvalue weighted by Gasteiger charge is 2.48. The Morgan fingerprint density at radius 3 is 2.81 bits per heavy atom. The molecule has 1 saturated carbocycles. The second-order valence-electron chi connectivity index (χ2n) is 7.75. The Balaban J connectivity index is 1.39. The third kappa shape index (κ3) is 3.24. The molecule has 31 heavy (non-hydrogen) atoms. The van der Waals surface area contributed by atoms with Crippen LogP contribution in [-0.2, 0) is 12.2 Å². The fraction of sp³-hybridized carbons (Fsp3) is 0.286. The van der Waals surface area contributed by atoms with Crippen molar-refractivity contribution in [3.8, 4) is 0 Å². The number of nitrogens with zero attached hydrogens (tertiary/aromatic N) is 5. The number of hydrogen-bond acceptors (Lipinski definition) is 6. The third-order valence-electron chi connectivity index (χ3n) is 5.66. The summed E-state index contributed by atoms with van der Waals surface area (Å²) >= 11 is 0. The molecule has 1 aliphatic carbocycles. The first-order valence-electron chi connectivity index (χ1n) is 9.68. The zero-order valence-electron chi connectivity index (χ0n) is 16.5. The minimum Gasteiger partial charge on any atom is -0.390 e. The van der Waals surface area contributed by atoms with Crippen LogP contribution >= 0.6 is 0 Å². The van der Waals surface area contributed by atoms with Crippen LogP contribution in [0.25, 0.3) is 11.0 Å². The number of fused-ring (bicyclic) bond motifs is 1. The molecule has 4 aromatic rings. The normalized spacial score (nSPS) is 20.7. The van der Waals surface area contributed by atoms with Crippen molar-refractivity contribution in [2.75, 3.05) is 0 Å². The van der Waals surface area contributed by atoms with Crippen molar-refractivity contribution in [2.45, 2.75) is 38.0 Å². The first-order valence-corrected chi connectivity index (χ1v) is 9.68. The molecule has 0 aliphatic heterocycles. The smallest absolute Gasteiger partial charge is 0.390 e. The third-order valence-corrected chi connectivity index (χ3v) is 5.66. The van der Waals surface area contributed by atoms with Crippen LogP contribution in [0.4, 0.5) is 8.78 Å². The lowest BCUT2D eigenvalue weighted by Gasteiger charge is -2.40. The summed E-state index contributed by atoms with van der Waals surface area (Å²) in [5, 5.41) is 4.52. The molecule has 8 nitrogen and oxygen atoms in total. The Morgan fingerprint density at radius 1 is 1.23 bits per heavy atom. The van der Waals surface area contributed by atoms with Crippen molar-refractivity contribution in [3.63, 3.8) is 0 Å². The molecule has 0 amide bonds. The summed E-state index contributed by atoms with van der Waals surface area (Å²) in [4.78, 5) is 33.3. The molecule has 0 N–H and O–H groups in total. The van der Waals surface area contributed by atoms with Crippen LogP contribution in [-0.4, -0.2) is 24.3 Å². The fourth-order valence-electron chi connectivity index (χ4n) is 3.97. The molecule has 10 heteroatoms. The van der Waals surface area contributed by atoms with E-state index in [1.54, 1.807) is 19.2 Å². The highest BCUT2D eigenvalue weighted by Crippen LogP contribution is 2.50.